The minimum Gasteiger partial charge on any atom is -0.453 e. The average Bonchev–Trinajstić information content (AvgIpc) is 0.826. The molecule has 17 aromatic carbocycles. The van der Waals surface area contributed by atoms with Gasteiger partial charge in [0.25, 0.3) is 0 Å². The van der Waals surface area contributed by atoms with Crippen molar-refractivity contribution in [2.75, 3.05) is 4.90 Å². The minimum atomic E-state index is 0.824. The summed E-state index contributed by atoms with van der Waals surface area (Å²) >= 11 is 0. The van der Waals surface area contributed by atoms with Crippen molar-refractivity contribution in [1.82, 2.24) is 0 Å². The van der Waals surface area contributed by atoms with Crippen molar-refractivity contribution in [3.05, 3.63) is 321 Å². The third-order valence-electron chi connectivity index (χ3n) is 18.9. The predicted molar refractivity (Wildman–Crippen MR) is 383 cm³/mol. The van der Waals surface area contributed by atoms with E-state index in [4.69, 9.17) is 4.74 Å². The van der Waals surface area contributed by atoms with Gasteiger partial charge in [-0.3, -0.25) is 0 Å². The summed E-state index contributed by atoms with van der Waals surface area (Å²) in [6.45, 7) is 4.29. The highest BCUT2D eigenvalue weighted by Crippen LogP contribution is 2.54. The fraction of sp³-hybridized carbons (Fsp3) is 0.0227. The van der Waals surface area contributed by atoms with Gasteiger partial charge in [0, 0.05) is 5.69 Å². The van der Waals surface area contributed by atoms with Crippen molar-refractivity contribution in [3.63, 3.8) is 0 Å². The summed E-state index contributed by atoms with van der Waals surface area (Å²) in [5.41, 5.74) is 19.2. The third kappa shape index (κ3) is 8.48. The topological polar surface area (TPSA) is 12.5 Å². The first-order valence-electron chi connectivity index (χ1n) is 31.2. The van der Waals surface area contributed by atoms with E-state index in [1.807, 2.05) is 0 Å². The summed E-state index contributed by atoms with van der Waals surface area (Å²) in [5.74, 6) is 1.65. The van der Waals surface area contributed by atoms with Gasteiger partial charge in [-0.1, -0.05) is 206 Å². The number of hydrogen-bond acceptors (Lipinski definition) is 2. The van der Waals surface area contributed by atoms with Crippen LogP contribution in [0.15, 0.2) is 309 Å². The Morgan fingerprint density at radius 2 is 0.433 bits per heavy atom. The molecule has 0 saturated carbocycles. The monoisotopic (exact) mass is 1140 g/mol. The van der Waals surface area contributed by atoms with Gasteiger partial charge in [-0.25, -0.2) is 0 Å². The second-order valence-corrected chi connectivity index (χ2v) is 24.5. The molecule has 17 aromatic rings. The molecular formula is C88H57NO. The molecule has 2 nitrogen and oxygen atoms in total. The molecular weight excluding hydrogens is 1090 g/mol. The molecule has 0 fully saturated rings. The molecule has 0 amide bonds. The minimum absolute atomic E-state index is 0.824. The van der Waals surface area contributed by atoms with Gasteiger partial charge in [0.15, 0.2) is 11.5 Å². The third-order valence-corrected chi connectivity index (χ3v) is 18.9. The van der Waals surface area contributed by atoms with Gasteiger partial charge in [-0.05, 0) is 281 Å². The zero-order chi connectivity index (χ0) is 59.6. The number of fused-ring (bicyclic) bond motifs is 10. The Balaban J connectivity index is 0.985. The van der Waals surface area contributed by atoms with E-state index in [0.717, 1.165) is 84.2 Å². The van der Waals surface area contributed by atoms with Crippen LogP contribution in [0.25, 0.3) is 153 Å². The molecule has 420 valence electrons. The van der Waals surface area contributed by atoms with Crippen molar-refractivity contribution in [3.8, 4) is 78.3 Å². The number of anilines is 3. The number of nitrogens with zero attached hydrogens (tertiary/aromatic N) is 1. The Kier molecular flexibility index (Phi) is 11.8. The number of ether oxygens (including phenoxy) is 1. The summed E-state index contributed by atoms with van der Waals surface area (Å²) in [7, 11) is 0. The highest BCUT2D eigenvalue weighted by molar-refractivity contribution is 6.19. The molecule has 0 spiro atoms. The van der Waals surface area contributed by atoms with E-state index in [-0.39, 0.29) is 0 Å². The maximum absolute atomic E-state index is 6.92. The SMILES string of the molecule is Cc1ccc2c(c1)Oc1cc(C)ccc1N2c1cc(-c2cc(-c3c4ccccc4cc4ccccc34)cc(-c3c4ccccc4cc4ccccc34)c2)cc(-c2cc(-c3c4ccccc4cc4ccccc34)cc(-c3c4ccccc4cc4ccccc34)c2)c1. The zero-order valence-corrected chi connectivity index (χ0v) is 49.8. The summed E-state index contributed by atoms with van der Waals surface area (Å²) in [5, 5.41) is 19.4. The Bertz CT molecular complexity index is 5020. The van der Waals surface area contributed by atoms with Crippen molar-refractivity contribution in [1.29, 1.82) is 0 Å². The van der Waals surface area contributed by atoms with Crippen molar-refractivity contribution >= 4 is 103 Å². The quantitative estimate of drug-likeness (QED) is 0.148. The molecule has 1 aliphatic heterocycles. The second-order valence-electron chi connectivity index (χ2n) is 24.5. The van der Waals surface area contributed by atoms with Crippen LogP contribution in [0.5, 0.6) is 11.5 Å². The van der Waals surface area contributed by atoms with Crippen LogP contribution in [-0.4, -0.2) is 0 Å². The number of aryl methyl sites for hydroxylation is 2. The highest BCUT2D eigenvalue weighted by Gasteiger charge is 2.28. The van der Waals surface area contributed by atoms with Gasteiger partial charge in [-0.15, -0.1) is 0 Å². The first kappa shape index (κ1) is 51.6. The van der Waals surface area contributed by atoms with Gasteiger partial charge in [0.1, 0.15) is 0 Å². The first-order chi connectivity index (χ1) is 44.4. The van der Waals surface area contributed by atoms with Crippen LogP contribution in [0.2, 0.25) is 0 Å². The molecule has 90 heavy (non-hydrogen) atoms. The molecule has 0 radical (unpaired) electrons. The van der Waals surface area contributed by atoms with Crippen molar-refractivity contribution < 1.29 is 4.74 Å². The van der Waals surface area contributed by atoms with Gasteiger partial charge in [-0.2, -0.15) is 0 Å². The van der Waals surface area contributed by atoms with Gasteiger partial charge < -0.3 is 9.64 Å². The van der Waals surface area contributed by atoms with Gasteiger partial charge >= 0.3 is 0 Å². The standard InChI is InChI=1S/C88H57NO/c1-54-35-37-81-83(39-54)90-84-40-55(2)36-38-82(84)89(81)72-52-66(64-46-68(85-73-27-11-3-19-56(73)41-57-20-4-12-28-74(57)85)50-69(47-64)86-75-29-13-5-21-58(75)42-59-22-6-14-30-76(59)86)45-67(53-72)65-48-70(87-77-31-15-7-23-60(77)43-61-24-8-16-32-78(61)87)51-71(49-65)88-79-33-17-9-25-62(79)44-63-26-10-18-34-80(63)88/h3-53H,1-2H3. The molecule has 0 unspecified atom stereocenters. The van der Waals surface area contributed by atoms with Crippen LogP contribution in [-0.2, 0) is 0 Å². The summed E-state index contributed by atoms with van der Waals surface area (Å²) in [6.07, 6.45) is 0. The second kappa shape index (κ2) is 20.5. The molecule has 0 bridgehead atoms. The van der Waals surface area contributed by atoms with E-state index in [9.17, 15) is 0 Å². The molecule has 18 rings (SSSR count). The Morgan fingerprint density at radius 3 is 0.700 bits per heavy atom. The molecule has 1 aliphatic rings. The molecule has 0 atom stereocenters. The molecule has 2 heteroatoms. The molecule has 0 aromatic heterocycles. The highest BCUT2D eigenvalue weighted by atomic mass is 16.5. The van der Waals surface area contributed by atoms with Crippen LogP contribution < -0.4 is 9.64 Å². The Morgan fingerprint density at radius 1 is 0.211 bits per heavy atom. The molecule has 0 N–H and O–H groups in total. The van der Waals surface area contributed by atoms with Crippen LogP contribution >= 0.6 is 0 Å². The fourth-order valence-corrected chi connectivity index (χ4v) is 14.8. The van der Waals surface area contributed by atoms with E-state index in [0.29, 0.717) is 0 Å². The fourth-order valence-electron chi connectivity index (χ4n) is 14.8. The predicted octanol–water partition coefficient (Wildman–Crippen LogP) is 25.1. The van der Waals surface area contributed by atoms with E-state index in [1.165, 1.54) is 108 Å². The van der Waals surface area contributed by atoms with Crippen LogP contribution in [0, 0.1) is 13.8 Å². The first-order valence-corrected chi connectivity index (χ1v) is 31.2. The lowest BCUT2D eigenvalue weighted by Crippen LogP contribution is -2.16. The van der Waals surface area contributed by atoms with Crippen LogP contribution in [0.3, 0.4) is 0 Å². The van der Waals surface area contributed by atoms with Crippen LogP contribution in [0.4, 0.5) is 17.1 Å². The van der Waals surface area contributed by atoms with Crippen molar-refractivity contribution in [2.24, 2.45) is 0 Å². The van der Waals surface area contributed by atoms with Gasteiger partial charge in [0.05, 0.1) is 11.4 Å². The van der Waals surface area contributed by atoms with Crippen molar-refractivity contribution in [2.45, 2.75) is 13.8 Å². The molecule has 0 saturated heterocycles. The maximum Gasteiger partial charge on any atom is 0.151 e. The van der Waals surface area contributed by atoms with E-state index in [2.05, 4.69) is 328 Å². The lowest BCUT2D eigenvalue weighted by atomic mass is 9.84. The molecule has 0 aliphatic carbocycles. The van der Waals surface area contributed by atoms with Crippen LogP contribution in [0.1, 0.15) is 11.1 Å². The molecule has 1 heterocycles. The number of benzene rings is 17. The summed E-state index contributed by atoms with van der Waals surface area (Å²) in [6, 6.07) is 116. The Hall–Kier alpha value is -11.6. The lowest BCUT2D eigenvalue weighted by molar-refractivity contribution is 0.476. The average molecular weight is 1140 g/mol. The zero-order valence-electron chi connectivity index (χ0n) is 49.8. The van der Waals surface area contributed by atoms with E-state index >= 15 is 0 Å². The smallest absolute Gasteiger partial charge is 0.151 e. The number of rotatable bonds is 7. The van der Waals surface area contributed by atoms with E-state index in [1.54, 1.807) is 0 Å². The normalized spacial score (nSPS) is 12.2. The number of hydrogen-bond donors (Lipinski definition) is 0. The van der Waals surface area contributed by atoms with E-state index < -0.39 is 0 Å². The Labute approximate surface area is 522 Å². The maximum atomic E-state index is 6.92. The lowest BCUT2D eigenvalue weighted by Gasteiger charge is -2.34. The summed E-state index contributed by atoms with van der Waals surface area (Å²) < 4.78 is 6.92. The largest absolute Gasteiger partial charge is 0.453 e. The van der Waals surface area contributed by atoms with Gasteiger partial charge in [0.2, 0.25) is 0 Å². The summed E-state index contributed by atoms with van der Waals surface area (Å²) in [4.78, 5) is 2.43.